The van der Waals surface area contributed by atoms with E-state index in [0.29, 0.717) is 30.3 Å². The van der Waals surface area contributed by atoms with Crippen molar-refractivity contribution in [2.45, 2.75) is 26.1 Å². The first kappa shape index (κ1) is 19.8. The molecule has 1 atom stereocenters. The lowest BCUT2D eigenvalue weighted by Gasteiger charge is -2.24. The Kier molecular flexibility index (Phi) is 6.26. The molecule has 28 heavy (non-hydrogen) atoms. The van der Waals surface area contributed by atoms with Crippen molar-refractivity contribution in [3.05, 3.63) is 47.5 Å². The number of hydrogen-bond donors (Lipinski definition) is 1. The van der Waals surface area contributed by atoms with Gasteiger partial charge in [-0.2, -0.15) is 0 Å². The smallest absolute Gasteiger partial charge is 0.237 e. The summed E-state index contributed by atoms with van der Waals surface area (Å²) in [5.41, 5.74) is 2.00. The Hall–Kier alpha value is -2.93. The molecule has 0 aliphatic carbocycles. The highest BCUT2D eigenvalue weighted by Gasteiger charge is 2.19. The van der Waals surface area contributed by atoms with Gasteiger partial charge in [-0.15, -0.1) is 0 Å². The van der Waals surface area contributed by atoms with E-state index in [-0.39, 0.29) is 18.7 Å². The summed E-state index contributed by atoms with van der Waals surface area (Å²) in [6.45, 7) is 3.17. The number of benzene rings is 2. The number of amides is 1. The van der Waals surface area contributed by atoms with Gasteiger partial charge in [0.25, 0.3) is 0 Å². The Balaban J connectivity index is 1.55. The number of fused-ring (bicyclic) bond motifs is 1. The number of likely N-dealkylation sites (N-methyl/N-ethyl adjacent to an activating group) is 1. The van der Waals surface area contributed by atoms with E-state index in [4.69, 9.17) is 18.9 Å². The molecule has 7 nitrogen and oxygen atoms in total. The van der Waals surface area contributed by atoms with Crippen LogP contribution in [-0.2, 0) is 17.9 Å². The van der Waals surface area contributed by atoms with E-state index in [1.54, 1.807) is 14.2 Å². The summed E-state index contributed by atoms with van der Waals surface area (Å²) in [5.74, 6) is 2.76. The molecule has 3 rings (SSSR count). The summed E-state index contributed by atoms with van der Waals surface area (Å²) in [6.07, 6.45) is 0. The Bertz CT molecular complexity index is 840. The van der Waals surface area contributed by atoms with Crippen molar-refractivity contribution >= 4 is 5.91 Å². The number of rotatable bonds is 8. The predicted octanol–water partition coefficient (Wildman–Crippen LogP) is 2.57. The molecule has 0 saturated heterocycles. The van der Waals surface area contributed by atoms with E-state index in [9.17, 15) is 4.79 Å². The van der Waals surface area contributed by atoms with Gasteiger partial charge in [0.05, 0.1) is 20.3 Å². The van der Waals surface area contributed by atoms with Crippen LogP contribution in [0.25, 0.3) is 0 Å². The molecule has 0 aromatic heterocycles. The first-order valence-electron chi connectivity index (χ1n) is 9.09. The van der Waals surface area contributed by atoms with E-state index in [1.807, 2.05) is 55.3 Å². The Labute approximate surface area is 165 Å². The summed E-state index contributed by atoms with van der Waals surface area (Å²) in [4.78, 5) is 14.5. The first-order valence-corrected chi connectivity index (χ1v) is 9.09. The average molecular weight is 386 g/mol. The van der Waals surface area contributed by atoms with Gasteiger partial charge in [-0.05, 0) is 49.4 Å². The first-order chi connectivity index (χ1) is 13.5. The standard InChI is InChI=1S/C21H26N2O5/c1-14(23(2)12-16-6-7-17(25-3)19(10-16)26-4)21(24)22-11-15-5-8-18-20(9-15)28-13-27-18/h5-10,14H,11-13H2,1-4H3,(H,22,24). The van der Waals surface area contributed by atoms with Gasteiger partial charge < -0.3 is 24.3 Å². The maximum absolute atomic E-state index is 12.6. The van der Waals surface area contributed by atoms with Crippen LogP contribution in [0.1, 0.15) is 18.1 Å². The SMILES string of the molecule is COc1ccc(CN(C)C(C)C(=O)NCc2ccc3c(c2)OCO3)cc1OC. The highest BCUT2D eigenvalue weighted by Crippen LogP contribution is 2.32. The Morgan fingerprint density at radius 1 is 1.07 bits per heavy atom. The minimum atomic E-state index is -0.290. The minimum Gasteiger partial charge on any atom is -0.493 e. The lowest BCUT2D eigenvalue weighted by molar-refractivity contribution is -0.125. The molecule has 1 unspecified atom stereocenters. The van der Waals surface area contributed by atoms with Gasteiger partial charge in [0.2, 0.25) is 12.7 Å². The number of nitrogens with zero attached hydrogens (tertiary/aromatic N) is 1. The Morgan fingerprint density at radius 2 is 1.79 bits per heavy atom. The number of hydrogen-bond acceptors (Lipinski definition) is 6. The van der Waals surface area contributed by atoms with Gasteiger partial charge in [0, 0.05) is 13.1 Å². The van der Waals surface area contributed by atoms with Crippen molar-refractivity contribution in [1.29, 1.82) is 0 Å². The summed E-state index contributed by atoms with van der Waals surface area (Å²) in [6, 6.07) is 11.1. The van der Waals surface area contributed by atoms with Crippen molar-refractivity contribution in [2.24, 2.45) is 0 Å². The molecule has 0 fully saturated rings. The second-order valence-corrected chi connectivity index (χ2v) is 6.69. The van der Waals surface area contributed by atoms with E-state index < -0.39 is 0 Å². The van der Waals surface area contributed by atoms with Crippen molar-refractivity contribution in [3.63, 3.8) is 0 Å². The van der Waals surface area contributed by atoms with E-state index in [1.165, 1.54) is 0 Å². The molecule has 2 aromatic carbocycles. The quantitative estimate of drug-likeness (QED) is 0.752. The zero-order chi connectivity index (χ0) is 20.1. The van der Waals surface area contributed by atoms with Crippen LogP contribution in [0.15, 0.2) is 36.4 Å². The molecule has 0 bridgehead atoms. The molecule has 7 heteroatoms. The molecule has 0 radical (unpaired) electrons. The second kappa shape index (κ2) is 8.84. The number of carbonyl (C=O) groups excluding carboxylic acids is 1. The molecule has 1 N–H and O–H groups in total. The highest BCUT2D eigenvalue weighted by molar-refractivity contribution is 5.81. The molecule has 1 heterocycles. The number of carbonyl (C=O) groups is 1. The topological polar surface area (TPSA) is 69.3 Å². The predicted molar refractivity (Wildman–Crippen MR) is 105 cm³/mol. The Morgan fingerprint density at radius 3 is 2.54 bits per heavy atom. The van der Waals surface area contributed by atoms with E-state index in [0.717, 1.165) is 16.9 Å². The van der Waals surface area contributed by atoms with Crippen LogP contribution in [0.2, 0.25) is 0 Å². The molecular weight excluding hydrogens is 360 g/mol. The van der Waals surface area contributed by atoms with Crippen LogP contribution in [0.4, 0.5) is 0 Å². The van der Waals surface area contributed by atoms with Crippen LogP contribution in [-0.4, -0.2) is 44.9 Å². The molecule has 2 aromatic rings. The van der Waals surface area contributed by atoms with Crippen LogP contribution in [0.5, 0.6) is 23.0 Å². The number of nitrogens with one attached hydrogen (secondary N) is 1. The lowest BCUT2D eigenvalue weighted by Crippen LogP contribution is -2.42. The average Bonchev–Trinajstić information content (AvgIpc) is 3.19. The summed E-state index contributed by atoms with van der Waals surface area (Å²) >= 11 is 0. The van der Waals surface area contributed by atoms with Crippen LogP contribution in [0, 0.1) is 0 Å². The van der Waals surface area contributed by atoms with Gasteiger partial charge in [0.15, 0.2) is 23.0 Å². The largest absolute Gasteiger partial charge is 0.493 e. The van der Waals surface area contributed by atoms with Gasteiger partial charge in [-0.1, -0.05) is 12.1 Å². The van der Waals surface area contributed by atoms with Crippen molar-refractivity contribution in [3.8, 4) is 23.0 Å². The number of ether oxygens (including phenoxy) is 4. The maximum atomic E-state index is 12.6. The van der Waals surface area contributed by atoms with Crippen molar-refractivity contribution < 1.29 is 23.7 Å². The number of methoxy groups -OCH3 is 2. The second-order valence-electron chi connectivity index (χ2n) is 6.69. The molecule has 150 valence electrons. The molecule has 1 amide bonds. The normalized spacial score (nSPS) is 13.3. The van der Waals surface area contributed by atoms with Crippen molar-refractivity contribution in [2.75, 3.05) is 28.1 Å². The van der Waals surface area contributed by atoms with Crippen LogP contribution < -0.4 is 24.3 Å². The summed E-state index contributed by atoms with van der Waals surface area (Å²) < 4.78 is 21.3. The van der Waals surface area contributed by atoms with Gasteiger partial charge >= 0.3 is 0 Å². The van der Waals surface area contributed by atoms with Crippen LogP contribution >= 0.6 is 0 Å². The van der Waals surface area contributed by atoms with Gasteiger partial charge in [-0.3, -0.25) is 9.69 Å². The van der Waals surface area contributed by atoms with Gasteiger partial charge in [0.1, 0.15) is 0 Å². The third-order valence-corrected chi connectivity index (χ3v) is 4.82. The zero-order valence-electron chi connectivity index (χ0n) is 16.7. The summed E-state index contributed by atoms with van der Waals surface area (Å²) in [5, 5.41) is 2.98. The van der Waals surface area contributed by atoms with E-state index >= 15 is 0 Å². The lowest BCUT2D eigenvalue weighted by atomic mass is 10.1. The fourth-order valence-corrected chi connectivity index (χ4v) is 2.99. The van der Waals surface area contributed by atoms with Crippen LogP contribution in [0.3, 0.4) is 0 Å². The third-order valence-electron chi connectivity index (χ3n) is 4.82. The fraction of sp³-hybridized carbons (Fsp3) is 0.381. The summed E-state index contributed by atoms with van der Waals surface area (Å²) in [7, 11) is 5.13. The zero-order valence-corrected chi connectivity index (χ0v) is 16.7. The molecule has 0 saturated carbocycles. The van der Waals surface area contributed by atoms with Gasteiger partial charge in [-0.25, -0.2) is 0 Å². The molecule has 0 spiro atoms. The molecule has 1 aliphatic rings. The van der Waals surface area contributed by atoms with Crippen molar-refractivity contribution in [1.82, 2.24) is 10.2 Å². The third kappa shape index (κ3) is 4.48. The molecular formula is C21H26N2O5. The molecule has 1 aliphatic heterocycles. The van der Waals surface area contributed by atoms with E-state index in [2.05, 4.69) is 5.32 Å². The monoisotopic (exact) mass is 386 g/mol. The highest BCUT2D eigenvalue weighted by atomic mass is 16.7. The minimum absolute atomic E-state index is 0.0411. The maximum Gasteiger partial charge on any atom is 0.237 e. The fourth-order valence-electron chi connectivity index (χ4n) is 2.99.